The lowest BCUT2D eigenvalue weighted by molar-refractivity contribution is 0.0540. The minimum atomic E-state index is -0.539. The molecule has 0 fully saturated rings. The predicted octanol–water partition coefficient (Wildman–Crippen LogP) is 6.37. The van der Waals surface area contributed by atoms with Crippen molar-refractivity contribution in [2.45, 2.75) is 26.4 Å². The third-order valence-corrected chi connectivity index (χ3v) is 4.10. The van der Waals surface area contributed by atoms with Gasteiger partial charge >= 0.3 is 6.09 Å². The predicted molar refractivity (Wildman–Crippen MR) is 105 cm³/mol. The van der Waals surface area contributed by atoms with E-state index in [4.69, 9.17) is 4.74 Å². The van der Waals surface area contributed by atoms with Crippen molar-refractivity contribution in [3.63, 3.8) is 0 Å². The van der Waals surface area contributed by atoms with Crippen LogP contribution in [0.3, 0.4) is 0 Å². The highest BCUT2D eigenvalue weighted by atomic mass is 79.9. The van der Waals surface area contributed by atoms with E-state index < -0.39 is 5.60 Å². The number of carbonyl (C=O) groups is 1. The molecule has 0 N–H and O–H groups in total. The fraction of sp³-hybridized carbons (Fsp3) is 0.190. The second-order valence-corrected chi connectivity index (χ2v) is 7.75. The molecule has 0 aliphatic heterocycles. The van der Waals surface area contributed by atoms with Crippen LogP contribution in [0, 0.1) is 0 Å². The van der Waals surface area contributed by atoms with Gasteiger partial charge in [0.25, 0.3) is 0 Å². The van der Waals surface area contributed by atoms with Crippen molar-refractivity contribution in [1.82, 2.24) is 4.57 Å². The average Bonchev–Trinajstić information content (AvgIpc) is 2.96. The summed E-state index contributed by atoms with van der Waals surface area (Å²) in [6, 6.07) is 20.3. The Morgan fingerprint density at radius 2 is 1.48 bits per heavy atom. The van der Waals surface area contributed by atoms with Crippen LogP contribution in [0.4, 0.5) is 4.79 Å². The molecular formula is C21H20BrNO2. The van der Waals surface area contributed by atoms with Crippen molar-refractivity contribution < 1.29 is 9.53 Å². The molecule has 0 radical (unpaired) electrons. The summed E-state index contributed by atoms with van der Waals surface area (Å²) < 4.78 is 7.86. The molecule has 0 spiro atoms. The normalized spacial score (nSPS) is 11.4. The van der Waals surface area contributed by atoms with Crippen molar-refractivity contribution in [3.05, 3.63) is 71.3 Å². The van der Waals surface area contributed by atoms with E-state index in [1.165, 1.54) is 4.57 Å². The Balaban J connectivity index is 1.93. The van der Waals surface area contributed by atoms with Gasteiger partial charge in [-0.2, -0.15) is 0 Å². The molecule has 0 saturated carbocycles. The van der Waals surface area contributed by atoms with Crippen LogP contribution in [-0.2, 0) is 4.74 Å². The van der Waals surface area contributed by atoms with E-state index in [1.807, 2.05) is 57.2 Å². The van der Waals surface area contributed by atoms with E-state index in [-0.39, 0.29) is 6.09 Å². The van der Waals surface area contributed by atoms with Gasteiger partial charge in [-0.15, -0.1) is 0 Å². The molecule has 3 rings (SSSR count). The molecule has 0 amide bonds. The van der Waals surface area contributed by atoms with Gasteiger partial charge in [-0.25, -0.2) is 4.79 Å². The van der Waals surface area contributed by atoms with E-state index in [9.17, 15) is 4.79 Å². The fourth-order valence-corrected chi connectivity index (χ4v) is 3.00. The first kappa shape index (κ1) is 17.5. The smallest absolute Gasteiger partial charge is 0.419 e. The summed E-state index contributed by atoms with van der Waals surface area (Å²) in [5, 5.41) is 0. The number of rotatable bonds is 2. The van der Waals surface area contributed by atoms with Gasteiger partial charge in [0, 0.05) is 10.7 Å². The molecule has 3 aromatic rings. The Morgan fingerprint density at radius 3 is 2.08 bits per heavy atom. The third kappa shape index (κ3) is 4.20. The molecule has 0 bridgehead atoms. The number of nitrogens with zero attached hydrogens (tertiary/aromatic N) is 1. The van der Waals surface area contributed by atoms with E-state index in [1.54, 1.807) is 6.20 Å². The van der Waals surface area contributed by atoms with Crippen LogP contribution in [0.25, 0.3) is 22.4 Å². The molecule has 0 unspecified atom stereocenters. The molecular weight excluding hydrogens is 378 g/mol. The molecule has 1 aromatic heterocycles. The highest BCUT2D eigenvalue weighted by molar-refractivity contribution is 9.10. The maximum absolute atomic E-state index is 12.5. The number of halogens is 1. The SMILES string of the molecule is CC(C)(C)OC(=O)n1cc(Br)cc1-c1ccc(-c2ccccc2)cc1. The van der Waals surface area contributed by atoms with Crippen LogP contribution in [0.5, 0.6) is 0 Å². The largest absolute Gasteiger partial charge is 0.443 e. The molecule has 25 heavy (non-hydrogen) atoms. The summed E-state index contributed by atoms with van der Waals surface area (Å²) >= 11 is 3.45. The van der Waals surface area contributed by atoms with Crippen LogP contribution in [0.2, 0.25) is 0 Å². The van der Waals surface area contributed by atoms with E-state index in [2.05, 4.69) is 40.2 Å². The van der Waals surface area contributed by atoms with Crippen molar-refractivity contribution in [2.75, 3.05) is 0 Å². The van der Waals surface area contributed by atoms with Crippen molar-refractivity contribution in [3.8, 4) is 22.4 Å². The first-order valence-electron chi connectivity index (χ1n) is 8.10. The quantitative estimate of drug-likeness (QED) is 0.502. The van der Waals surface area contributed by atoms with Crippen LogP contribution >= 0.6 is 15.9 Å². The highest BCUT2D eigenvalue weighted by Gasteiger charge is 2.20. The zero-order valence-electron chi connectivity index (χ0n) is 14.5. The van der Waals surface area contributed by atoms with Gasteiger partial charge in [-0.3, -0.25) is 4.57 Å². The van der Waals surface area contributed by atoms with Gasteiger partial charge in [-0.1, -0.05) is 54.6 Å². The summed E-state index contributed by atoms with van der Waals surface area (Å²) in [7, 11) is 0. The van der Waals surface area contributed by atoms with Crippen LogP contribution < -0.4 is 0 Å². The zero-order valence-corrected chi connectivity index (χ0v) is 16.1. The maximum atomic E-state index is 12.5. The van der Waals surface area contributed by atoms with Crippen molar-refractivity contribution >= 4 is 22.0 Å². The molecule has 2 aromatic carbocycles. The molecule has 4 heteroatoms. The lowest BCUT2D eigenvalue weighted by atomic mass is 10.0. The van der Waals surface area contributed by atoms with E-state index >= 15 is 0 Å². The second-order valence-electron chi connectivity index (χ2n) is 6.84. The van der Waals surface area contributed by atoms with Crippen LogP contribution in [-0.4, -0.2) is 16.3 Å². The molecule has 3 nitrogen and oxygen atoms in total. The standard InChI is InChI=1S/C21H20BrNO2/c1-21(2,3)25-20(24)23-14-18(22)13-19(23)17-11-9-16(10-12-17)15-7-5-4-6-8-15/h4-14H,1-3H3. The molecule has 0 saturated heterocycles. The number of carbonyl (C=O) groups excluding carboxylic acids is 1. The van der Waals surface area contributed by atoms with E-state index in [0.717, 1.165) is 26.9 Å². The van der Waals surface area contributed by atoms with Gasteiger partial charge in [-0.05, 0) is 59.5 Å². The Kier molecular flexibility index (Phi) is 4.82. The molecule has 0 aliphatic rings. The zero-order chi connectivity index (χ0) is 18.0. The maximum Gasteiger partial charge on any atom is 0.419 e. The number of hydrogen-bond donors (Lipinski definition) is 0. The van der Waals surface area contributed by atoms with Crippen molar-refractivity contribution in [2.24, 2.45) is 0 Å². The molecule has 1 heterocycles. The summed E-state index contributed by atoms with van der Waals surface area (Å²) in [6.07, 6.45) is 1.34. The summed E-state index contributed by atoms with van der Waals surface area (Å²) in [4.78, 5) is 12.5. The Hall–Kier alpha value is -2.33. The third-order valence-electron chi connectivity index (χ3n) is 3.66. The van der Waals surface area contributed by atoms with Gasteiger partial charge in [0.2, 0.25) is 0 Å². The Labute approximate surface area is 156 Å². The number of ether oxygens (including phenoxy) is 1. The monoisotopic (exact) mass is 397 g/mol. The lowest BCUT2D eigenvalue weighted by Crippen LogP contribution is -2.27. The summed E-state index contributed by atoms with van der Waals surface area (Å²) in [5.41, 5.74) is 3.51. The minimum Gasteiger partial charge on any atom is -0.443 e. The summed E-state index contributed by atoms with van der Waals surface area (Å²) in [6.45, 7) is 5.58. The molecule has 128 valence electrons. The number of hydrogen-bond acceptors (Lipinski definition) is 2. The van der Waals surface area contributed by atoms with Crippen molar-refractivity contribution in [1.29, 1.82) is 0 Å². The van der Waals surface area contributed by atoms with Gasteiger partial charge < -0.3 is 4.74 Å². The number of aromatic nitrogens is 1. The Bertz CT molecular complexity index is 875. The fourth-order valence-electron chi connectivity index (χ4n) is 2.58. The average molecular weight is 398 g/mol. The van der Waals surface area contributed by atoms with Gasteiger partial charge in [0.1, 0.15) is 5.60 Å². The Morgan fingerprint density at radius 1 is 0.920 bits per heavy atom. The van der Waals surface area contributed by atoms with Crippen LogP contribution in [0.1, 0.15) is 20.8 Å². The molecule has 0 aliphatic carbocycles. The highest BCUT2D eigenvalue weighted by Crippen LogP contribution is 2.29. The molecule has 0 atom stereocenters. The first-order chi connectivity index (χ1) is 11.8. The van der Waals surface area contributed by atoms with Crippen LogP contribution in [0.15, 0.2) is 71.3 Å². The first-order valence-corrected chi connectivity index (χ1v) is 8.90. The second kappa shape index (κ2) is 6.89. The number of benzene rings is 2. The minimum absolute atomic E-state index is 0.389. The lowest BCUT2D eigenvalue weighted by Gasteiger charge is -2.20. The van der Waals surface area contributed by atoms with E-state index in [0.29, 0.717) is 0 Å². The summed E-state index contributed by atoms with van der Waals surface area (Å²) in [5.74, 6) is 0. The van der Waals surface area contributed by atoms with Gasteiger partial charge in [0.15, 0.2) is 0 Å². The topological polar surface area (TPSA) is 31.2 Å². The van der Waals surface area contributed by atoms with Gasteiger partial charge in [0.05, 0.1) is 5.69 Å².